The van der Waals surface area contributed by atoms with Crippen LogP contribution in [0.2, 0.25) is 0 Å². The topological polar surface area (TPSA) is 32.5 Å². The van der Waals surface area contributed by atoms with Crippen molar-refractivity contribution in [2.45, 2.75) is 45.6 Å². The van der Waals surface area contributed by atoms with Crippen molar-refractivity contribution in [2.75, 3.05) is 40.3 Å². The smallest absolute Gasteiger partial charge is 0.0241 e. The Bertz CT molecular complexity index is 212. The third kappa shape index (κ3) is 4.87. The molecule has 0 bridgehead atoms. The minimum atomic E-state index is 0.560. The number of likely N-dealkylation sites (N-methyl/N-ethyl adjacent to an activating group) is 1. The van der Waals surface area contributed by atoms with E-state index in [4.69, 9.17) is 5.73 Å². The third-order valence-corrected chi connectivity index (χ3v) is 4.59. The molecule has 108 valence electrons. The van der Waals surface area contributed by atoms with E-state index in [2.05, 4.69) is 37.7 Å². The van der Waals surface area contributed by atoms with E-state index in [0.29, 0.717) is 6.04 Å². The monoisotopic (exact) mass is 255 g/mol. The molecule has 0 aromatic rings. The Kier molecular flexibility index (Phi) is 7.20. The van der Waals surface area contributed by atoms with Crippen LogP contribution in [0.3, 0.4) is 0 Å². The van der Waals surface area contributed by atoms with Crippen LogP contribution in [-0.2, 0) is 0 Å². The quantitative estimate of drug-likeness (QED) is 0.755. The van der Waals surface area contributed by atoms with Gasteiger partial charge in [-0.15, -0.1) is 0 Å². The lowest BCUT2D eigenvalue weighted by Gasteiger charge is -2.37. The van der Waals surface area contributed by atoms with Crippen LogP contribution in [0.4, 0.5) is 0 Å². The van der Waals surface area contributed by atoms with Crippen molar-refractivity contribution in [3.8, 4) is 0 Å². The normalized spacial score (nSPS) is 22.3. The van der Waals surface area contributed by atoms with Gasteiger partial charge in [0.1, 0.15) is 0 Å². The molecule has 1 heterocycles. The van der Waals surface area contributed by atoms with Gasteiger partial charge in [-0.25, -0.2) is 0 Å². The second kappa shape index (κ2) is 8.13. The zero-order chi connectivity index (χ0) is 13.5. The van der Waals surface area contributed by atoms with Crippen molar-refractivity contribution < 1.29 is 0 Å². The third-order valence-electron chi connectivity index (χ3n) is 4.59. The predicted octanol–water partition coefficient (Wildman–Crippen LogP) is 2.02. The maximum Gasteiger partial charge on any atom is 0.0241 e. The molecule has 0 radical (unpaired) electrons. The van der Waals surface area contributed by atoms with E-state index >= 15 is 0 Å². The van der Waals surface area contributed by atoms with Gasteiger partial charge in [-0.2, -0.15) is 0 Å². The number of nitrogens with zero attached hydrogens (tertiary/aromatic N) is 2. The SMILES string of the molecule is CCCC(C)C(CN)N(C)CC1CCN(C)CC1. The molecular formula is C15H33N3. The molecule has 3 heteroatoms. The van der Waals surface area contributed by atoms with Crippen molar-refractivity contribution in [2.24, 2.45) is 17.6 Å². The summed E-state index contributed by atoms with van der Waals surface area (Å²) in [5.74, 6) is 1.59. The van der Waals surface area contributed by atoms with Crippen LogP contribution in [0.1, 0.15) is 39.5 Å². The standard InChI is InChI=1S/C15H33N3/c1-5-6-13(2)15(11-16)18(4)12-14-7-9-17(3)10-8-14/h13-15H,5-12,16H2,1-4H3. The van der Waals surface area contributed by atoms with Crippen LogP contribution in [0.5, 0.6) is 0 Å². The molecule has 3 nitrogen and oxygen atoms in total. The number of likely N-dealkylation sites (tertiary alicyclic amines) is 1. The summed E-state index contributed by atoms with van der Waals surface area (Å²) in [4.78, 5) is 4.97. The lowest BCUT2D eigenvalue weighted by molar-refractivity contribution is 0.125. The van der Waals surface area contributed by atoms with Crippen molar-refractivity contribution in [3.63, 3.8) is 0 Å². The fourth-order valence-corrected chi connectivity index (χ4v) is 3.28. The van der Waals surface area contributed by atoms with Gasteiger partial charge in [0.05, 0.1) is 0 Å². The minimum Gasteiger partial charge on any atom is -0.329 e. The Morgan fingerprint density at radius 1 is 1.33 bits per heavy atom. The van der Waals surface area contributed by atoms with Crippen LogP contribution in [0, 0.1) is 11.8 Å². The Balaban J connectivity index is 2.39. The summed E-state index contributed by atoms with van der Waals surface area (Å²) in [6, 6.07) is 0.560. The summed E-state index contributed by atoms with van der Waals surface area (Å²) in [6.07, 6.45) is 5.25. The Labute approximate surface area is 114 Å². The molecule has 0 aromatic carbocycles. The molecule has 2 atom stereocenters. The molecular weight excluding hydrogens is 222 g/mol. The molecule has 1 saturated heterocycles. The van der Waals surface area contributed by atoms with Crippen LogP contribution in [0.15, 0.2) is 0 Å². The summed E-state index contributed by atoms with van der Waals surface area (Å²) in [5, 5.41) is 0. The molecule has 1 rings (SSSR count). The summed E-state index contributed by atoms with van der Waals surface area (Å²) >= 11 is 0. The molecule has 1 aliphatic heterocycles. The van der Waals surface area contributed by atoms with E-state index in [9.17, 15) is 0 Å². The van der Waals surface area contributed by atoms with Crippen LogP contribution in [0.25, 0.3) is 0 Å². The van der Waals surface area contributed by atoms with E-state index in [-0.39, 0.29) is 0 Å². The van der Waals surface area contributed by atoms with Gasteiger partial charge in [-0.1, -0.05) is 20.3 Å². The first-order valence-corrected chi connectivity index (χ1v) is 7.67. The Hall–Kier alpha value is -0.120. The molecule has 18 heavy (non-hydrogen) atoms. The summed E-state index contributed by atoms with van der Waals surface area (Å²) in [5.41, 5.74) is 5.98. The number of hydrogen-bond acceptors (Lipinski definition) is 3. The fraction of sp³-hybridized carbons (Fsp3) is 1.00. The highest BCUT2D eigenvalue weighted by atomic mass is 15.2. The van der Waals surface area contributed by atoms with Gasteiger partial charge in [0.2, 0.25) is 0 Å². The predicted molar refractivity (Wildman–Crippen MR) is 79.8 cm³/mol. The molecule has 0 aliphatic carbocycles. The molecule has 1 aliphatic rings. The first-order valence-electron chi connectivity index (χ1n) is 7.67. The maximum absolute atomic E-state index is 5.98. The number of rotatable bonds is 7. The van der Waals surface area contributed by atoms with E-state index in [1.807, 2.05) is 0 Å². The number of hydrogen-bond donors (Lipinski definition) is 1. The highest BCUT2D eigenvalue weighted by Crippen LogP contribution is 2.20. The maximum atomic E-state index is 5.98. The minimum absolute atomic E-state index is 0.560. The van der Waals surface area contributed by atoms with Crippen LogP contribution in [-0.4, -0.2) is 56.1 Å². The van der Waals surface area contributed by atoms with Gasteiger partial charge in [0, 0.05) is 19.1 Å². The van der Waals surface area contributed by atoms with Gasteiger partial charge in [0.15, 0.2) is 0 Å². The zero-order valence-corrected chi connectivity index (χ0v) is 12.9. The van der Waals surface area contributed by atoms with Crippen molar-refractivity contribution >= 4 is 0 Å². The molecule has 0 amide bonds. The molecule has 0 spiro atoms. The largest absolute Gasteiger partial charge is 0.329 e. The van der Waals surface area contributed by atoms with Crippen LogP contribution >= 0.6 is 0 Å². The average molecular weight is 255 g/mol. The first-order chi connectivity index (χ1) is 8.58. The Morgan fingerprint density at radius 2 is 1.94 bits per heavy atom. The molecule has 2 N–H and O–H groups in total. The van der Waals surface area contributed by atoms with E-state index < -0.39 is 0 Å². The van der Waals surface area contributed by atoms with Gasteiger partial charge in [-0.3, -0.25) is 0 Å². The Morgan fingerprint density at radius 3 is 2.44 bits per heavy atom. The van der Waals surface area contributed by atoms with E-state index in [0.717, 1.165) is 18.4 Å². The van der Waals surface area contributed by atoms with Crippen molar-refractivity contribution in [1.29, 1.82) is 0 Å². The molecule has 1 fully saturated rings. The van der Waals surface area contributed by atoms with Gasteiger partial charge in [0.25, 0.3) is 0 Å². The second-order valence-electron chi connectivity index (χ2n) is 6.26. The number of nitrogens with two attached hydrogens (primary N) is 1. The van der Waals surface area contributed by atoms with Gasteiger partial charge >= 0.3 is 0 Å². The second-order valence-corrected chi connectivity index (χ2v) is 6.26. The zero-order valence-electron chi connectivity index (χ0n) is 12.9. The summed E-state index contributed by atoms with van der Waals surface area (Å²) in [6.45, 7) is 9.16. The van der Waals surface area contributed by atoms with Crippen LogP contribution < -0.4 is 5.73 Å². The fourth-order valence-electron chi connectivity index (χ4n) is 3.28. The van der Waals surface area contributed by atoms with Crippen molar-refractivity contribution in [1.82, 2.24) is 9.80 Å². The highest BCUT2D eigenvalue weighted by Gasteiger charge is 2.24. The van der Waals surface area contributed by atoms with Gasteiger partial charge in [-0.05, 0) is 58.3 Å². The van der Waals surface area contributed by atoms with E-state index in [1.54, 1.807) is 0 Å². The summed E-state index contributed by atoms with van der Waals surface area (Å²) in [7, 11) is 4.49. The lowest BCUT2D eigenvalue weighted by Crippen LogP contribution is -2.46. The average Bonchev–Trinajstić information content (AvgIpc) is 2.33. The molecule has 0 saturated carbocycles. The summed E-state index contributed by atoms with van der Waals surface area (Å²) < 4.78 is 0. The highest BCUT2D eigenvalue weighted by molar-refractivity contribution is 4.79. The lowest BCUT2D eigenvalue weighted by atomic mass is 9.92. The van der Waals surface area contributed by atoms with E-state index in [1.165, 1.54) is 45.3 Å². The molecule has 2 unspecified atom stereocenters. The first kappa shape index (κ1) is 15.9. The van der Waals surface area contributed by atoms with Gasteiger partial charge < -0.3 is 15.5 Å². The number of piperidine rings is 1. The molecule has 0 aromatic heterocycles. The van der Waals surface area contributed by atoms with Crippen molar-refractivity contribution in [3.05, 3.63) is 0 Å².